The van der Waals surface area contributed by atoms with Gasteiger partial charge in [0.1, 0.15) is 5.69 Å². The maximum absolute atomic E-state index is 5.76. The van der Waals surface area contributed by atoms with E-state index in [0.29, 0.717) is 5.92 Å². The zero-order valence-electron chi connectivity index (χ0n) is 11.1. The lowest BCUT2D eigenvalue weighted by molar-refractivity contribution is 0.420. The van der Waals surface area contributed by atoms with Crippen LogP contribution in [0.1, 0.15) is 12.8 Å². The van der Waals surface area contributed by atoms with Gasteiger partial charge in [-0.05, 0) is 25.3 Å². The van der Waals surface area contributed by atoms with Crippen molar-refractivity contribution < 1.29 is 0 Å². The van der Waals surface area contributed by atoms with Gasteiger partial charge < -0.3 is 15.2 Å². The molecule has 7 heteroatoms. The topological polar surface area (TPSA) is 88.7 Å². The summed E-state index contributed by atoms with van der Waals surface area (Å²) < 4.78 is 1.92. The Balaban J connectivity index is 1.79. The summed E-state index contributed by atoms with van der Waals surface area (Å²) in [4.78, 5) is 10.9. The van der Waals surface area contributed by atoms with Crippen LogP contribution in [0, 0.1) is 5.92 Å². The zero-order valence-corrected chi connectivity index (χ0v) is 11.1. The summed E-state index contributed by atoms with van der Waals surface area (Å²) >= 11 is 0. The van der Waals surface area contributed by atoms with E-state index in [0.717, 1.165) is 43.5 Å². The van der Waals surface area contributed by atoms with Crippen LogP contribution in [0.3, 0.4) is 0 Å². The van der Waals surface area contributed by atoms with Crippen LogP contribution in [-0.4, -0.2) is 44.4 Å². The molecule has 19 heavy (non-hydrogen) atoms. The molecule has 1 atom stereocenters. The van der Waals surface area contributed by atoms with E-state index < -0.39 is 0 Å². The molecule has 1 saturated heterocycles. The van der Waals surface area contributed by atoms with Crippen molar-refractivity contribution >= 4 is 5.95 Å². The smallest absolute Gasteiger partial charge is 0.245 e. The van der Waals surface area contributed by atoms with Crippen molar-refractivity contribution in [2.75, 3.05) is 24.5 Å². The minimum Gasteiger partial charge on any atom is -0.339 e. The molecule has 102 valence electrons. The number of H-pyrrole nitrogens is 1. The molecule has 1 aliphatic heterocycles. The SMILES string of the molecule is Cn1cncc1-c1nc(N2CCCC(CN)C2)n[nH]1. The van der Waals surface area contributed by atoms with Gasteiger partial charge in [0, 0.05) is 20.1 Å². The summed E-state index contributed by atoms with van der Waals surface area (Å²) in [6, 6.07) is 0. The highest BCUT2D eigenvalue weighted by atomic mass is 15.4. The van der Waals surface area contributed by atoms with Crippen molar-refractivity contribution in [3.8, 4) is 11.5 Å². The third-order valence-corrected chi connectivity index (χ3v) is 3.67. The predicted octanol–water partition coefficient (Wildman–Crippen LogP) is 0.380. The molecular weight excluding hydrogens is 242 g/mol. The molecule has 7 nitrogen and oxygen atoms in total. The van der Waals surface area contributed by atoms with Crippen LogP contribution in [0.2, 0.25) is 0 Å². The van der Waals surface area contributed by atoms with Crippen molar-refractivity contribution in [2.45, 2.75) is 12.8 Å². The van der Waals surface area contributed by atoms with E-state index in [2.05, 4.69) is 25.1 Å². The molecule has 3 N–H and O–H groups in total. The summed E-state index contributed by atoms with van der Waals surface area (Å²) in [6.45, 7) is 2.67. The Morgan fingerprint density at radius 3 is 3.16 bits per heavy atom. The molecule has 0 aliphatic carbocycles. The molecule has 0 saturated carbocycles. The fourth-order valence-corrected chi connectivity index (χ4v) is 2.53. The minimum atomic E-state index is 0.549. The maximum Gasteiger partial charge on any atom is 0.245 e. The fourth-order valence-electron chi connectivity index (χ4n) is 2.53. The molecule has 0 radical (unpaired) electrons. The first-order valence-electron chi connectivity index (χ1n) is 6.62. The van der Waals surface area contributed by atoms with E-state index in [9.17, 15) is 0 Å². The Morgan fingerprint density at radius 2 is 2.42 bits per heavy atom. The van der Waals surface area contributed by atoms with Gasteiger partial charge in [-0.2, -0.15) is 4.98 Å². The Kier molecular flexibility index (Phi) is 3.20. The van der Waals surface area contributed by atoms with Crippen LogP contribution in [-0.2, 0) is 7.05 Å². The molecule has 2 aromatic heterocycles. The van der Waals surface area contributed by atoms with Gasteiger partial charge in [0.2, 0.25) is 5.95 Å². The number of aromatic nitrogens is 5. The molecule has 1 unspecified atom stereocenters. The van der Waals surface area contributed by atoms with Crippen LogP contribution in [0.4, 0.5) is 5.95 Å². The largest absolute Gasteiger partial charge is 0.339 e. The second kappa shape index (κ2) is 5.00. The number of hydrogen-bond acceptors (Lipinski definition) is 5. The minimum absolute atomic E-state index is 0.549. The number of hydrogen-bond donors (Lipinski definition) is 2. The van der Waals surface area contributed by atoms with Crippen molar-refractivity contribution in [3.05, 3.63) is 12.5 Å². The van der Waals surface area contributed by atoms with Gasteiger partial charge in [-0.25, -0.2) is 4.98 Å². The highest BCUT2D eigenvalue weighted by molar-refractivity contribution is 5.50. The molecular formula is C12H19N7. The monoisotopic (exact) mass is 261 g/mol. The van der Waals surface area contributed by atoms with Gasteiger partial charge in [-0.15, -0.1) is 5.10 Å². The number of nitrogens with zero attached hydrogens (tertiary/aromatic N) is 5. The van der Waals surface area contributed by atoms with Crippen molar-refractivity contribution in [3.63, 3.8) is 0 Å². The van der Waals surface area contributed by atoms with Crippen LogP contribution >= 0.6 is 0 Å². The summed E-state index contributed by atoms with van der Waals surface area (Å²) in [5.74, 6) is 2.06. The number of rotatable bonds is 3. The van der Waals surface area contributed by atoms with Crippen molar-refractivity contribution in [1.82, 2.24) is 24.7 Å². The number of piperidine rings is 1. The summed E-state index contributed by atoms with van der Waals surface area (Å²) in [5, 5.41) is 7.30. The summed E-state index contributed by atoms with van der Waals surface area (Å²) in [5.41, 5.74) is 6.70. The van der Waals surface area contributed by atoms with Gasteiger partial charge >= 0.3 is 0 Å². The molecule has 0 bridgehead atoms. The van der Waals surface area contributed by atoms with Gasteiger partial charge in [0.05, 0.1) is 12.5 Å². The number of nitrogens with two attached hydrogens (primary N) is 1. The average molecular weight is 261 g/mol. The second-order valence-corrected chi connectivity index (χ2v) is 5.06. The van der Waals surface area contributed by atoms with E-state index >= 15 is 0 Å². The number of aryl methyl sites for hydroxylation is 1. The number of aromatic amines is 1. The Labute approximate surface area is 111 Å². The molecule has 0 aromatic carbocycles. The van der Waals surface area contributed by atoms with E-state index in [-0.39, 0.29) is 0 Å². The van der Waals surface area contributed by atoms with Crippen LogP contribution < -0.4 is 10.6 Å². The number of anilines is 1. The molecule has 1 aliphatic rings. The predicted molar refractivity (Wildman–Crippen MR) is 72.6 cm³/mol. The number of imidazole rings is 1. The van der Waals surface area contributed by atoms with Crippen LogP contribution in [0.5, 0.6) is 0 Å². The normalized spacial score (nSPS) is 19.9. The lowest BCUT2D eigenvalue weighted by Crippen LogP contribution is -2.38. The van der Waals surface area contributed by atoms with E-state index in [4.69, 9.17) is 5.73 Å². The van der Waals surface area contributed by atoms with Crippen molar-refractivity contribution in [2.24, 2.45) is 18.7 Å². The maximum atomic E-state index is 5.76. The zero-order chi connectivity index (χ0) is 13.2. The van der Waals surface area contributed by atoms with E-state index in [1.54, 1.807) is 12.5 Å². The third kappa shape index (κ3) is 2.33. The summed E-state index contributed by atoms with van der Waals surface area (Å²) in [7, 11) is 1.94. The van der Waals surface area contributed by atoms with Crippen LogP contribution in [0.25, 0.3) is 11.5 Å². The first kappa shape index (κ1) is 12.2. The van der Waals surface area contributed by atoms with E-state index in [1.807, 2.05) is 11.6 Å². The first-order valence-corrected chi connectivity index (χ1v) is 6.62. The van der Waals surface area contributed by atoms with Gasteiger partial charge in [0.15, 0.2) is 5.82 Å². The molecule has 3 rings (SSSR count). The number of nitrogens with one attached hydrogen (secondary N) is 1. The second-order valence-electron chi connectivity index (χ2n) is 5.06. The molecule has 2 aromatic rings. The van der Waals surface area contributed by atoms with Gasteiger partial charge in [-0.3, -0.25) is 5.10 Å². The molecule has 0 amide bonds. The van der Waals surface area contributed by atoms with Crippen molar-refractivity contribution in [1.29, 1.82) is 0 Å². The average Bonchev–Trinajstić information content (AvgIpc) is 3.07. The fraction of sp³-hybridized carbons (Fsp3) is 0.583. The summed E-state index contributed by atoms with van der Waals surface area (Å²) in [6.07, 6.45) is 5.88. The molecule has 1 fully saturated rings. The van der Waals surface area contributed by atoms with E-state index in [1.165, 1.54) is 6.42 Å². The molecule has 0 spiro atoms. The standard InChI is InChI=1S/C12H19N7/c1-18-8-14-6-10(18)11-15-12(17-16-11)19-4-2-3-9(5-13)7-19/h6,8-9H,2-5,7,13H2,1H3,(H,15,16,17). The lowest BCUT2D eigenvalue weighted by atomic mass is 9.99. The Bertz CT molecular complexity index is 544. The Morgan fingerprint density at radius 1 is 1.53 bits per heavy atom. The quantitative estimate of drug-likeness (QED) is 0.834. The highest BCUT2D eigenvalue weighted by Crippen LogP contribution is 2.21. The van der Waals surface area contributed by atoms with Gasteiger partial charge in [-0.1, -0.05) is 0 Å². The third-order valence-electron chi connectivity index (χ3n) is 3.67. The van der Waals surface area contributed by atoms with Gasteiger partial charge in [0.25, 0.3) is 0 Å². The molecule has 3 heterocycles. The Hall–Kier alpha value is -1.89. The highest BCUT2D eigenvalue weighted by Gasteiger charge is 2.22. The first-order chi connectivity index (χ1) is 9.28. The lowest BCUT2D eigenvalue weighted by Gasteiger charge is -2.31. The van der Waals surface area contributed by atoms with Crippen LogP contribution in [0.15, 0.2) is 12.5 Å².